The molecule has 0 radical (unpaired) electrons. The molecule has 0 saturated carbocycles. The van der Waals surface area contributed by atoms with Crippen LogP contribution in [0.4, 0.5) is 15.3 Å². The number of anilines is 1. The number of urea groups is 1. The van der Waals surface area contributed by atoms with Crippen LogP contribution in [0.1, 0.15) is 13.3 Å². The van der Waals surface area contributed by atoms with Crippen LogP contribution in [-0.2, 0) is 9.47 Å². The fraction of sp³-hybridized carbons (Fsp3) is 0.292. The highest BCUT2D eigenvalue weighted by atomic mass is 16.6. The Balaban J connectivity index is 1.56. The van der Waals surface area contributed by atoms with Crippen LogP contribution in [0, 0.1) is 0 Å². The summed E-state index contributed by atoms with van der Waals surface area (Å²) in [6.07, 6.45) is 8.21. The number of H-pyrrole nitrogens is 1. The summed E-state index contributed by atoms with van der Waals surface area (Å²) in [7, 11) is 1.56. The van der Waals surface area contributed by atoms with Gasteiger partial charge in [-0.05, 0) is 31.2 Å². The molecule has 0 aliphatic carbocycles. The fourth-order valence-electron chi connectivity index (χ4n) is 3.27. The van der Waals surface area contributed by atoms with Crippen molar-refractivity contribution in [2.75, 3.05) is 32.2 Å². The minimum absolute atomic E-state index is 0.210. The van der Waals surface area contributed by atoms with E-state index in [1.807, 2.05) is 13.0 Å². The number of imidazole rings is 1. The molecule has 1 aliphatic heterocycles. The Morgan fingerprint density at radius 2 is 2.24 bits per heavy atom. The summed E-state index contributed by atoms with van der Waals surface area (Å²) in [6, 6.07) is 4.87. The van der Waals surface area contributed by atoms with Crippen molar-refractivity contribution < 1.29 is 23.8 Å². The predicted octanol–water partition coefficient (Wildman–Crippen LogP) is 3.74. The van der Waals surface area contributed by atoms with Gasteiger partial charge < -0.3 is 35.1 Å². The van der Waals surface area contributed by atoms with Gasteiger partial charge in [-0.1, -0.05) is 18.2 Å². The van der Waals surface area contributed by atoms with Crippen LogP contribution in [-0.4, -0.2) is 55.1 Å². The number of carbonyl (C=O) groups is 2. The standard InChI is InChI=1S/C24H29N5O5/c1-4-5-17(10-16(2)12-26-24(31)34-19-8-9-33-14-19)28-23(30)29-18-6-7-20(22(11-18)32-3)21-13-25-15-27-21/h4-7,10-11,13,15,19H,1,8-9,12,14H2,2-3H3,(H,25,27)(H,26,31)(H2,28,29,30)/b16-10+,17-5+/t19-/m0/s1. The maximum atomic E-state index is 12.6. The molecule has 1 fully saturated rings. The normalized spacial score (nSPS) is 16.0. The van der Waals surface area contributed by atoms with Crippen molar-refractivity contribution in [3.05, 3.63) is 66.8 Å². The number of alkyl carbamates (subject to hydrolysis) is 1. The lowest BCUT2D eigenvalue weighted by atomic mass is 10.1. The van der Waals surface area contributed by atoms with E-state index < -0.39 is 12.1 Å². The predicted molar refractivity (Wildman–Crippen MR) is 128 cm³/mol. The zero-order valence-electron chi connectivity index (χ0n) is 19.2. The van der Waals surface area contributed by atoms with E-state index in [1.54, 1.807) is 50.0 Å². The first-order chi connectivity index (χ1) is 16.5. The van der Waals surface area contributed by atoms with Crippen LogP contribution in [0.25, 0.3) is 11.3 Å². The van der Waals surface area contributed by atoms with E-state index in [-0.39, 0.29) is 12.6 Å². The Labute approximate surface area is 198 Å². The molecule has 3 rings (SSSR count). The Bertz CT molecular complexity index is 1060. The first-order valence-corrected chi connectivity index (χ1v) is 10.8. The Kier molecular flexibility index (Phi) is 8.87. The number of aromatic amines is 1. The maximum absolute atomic E-state index is 12.6. The van der Waals surface area contributed by atoms with Crippen LogP contribution in [0.3, 0.4) is 0 Å². The Hall–Kier alpha value is -4.05. The van der Waals surface area contributed by atoms with Gasteiger partial charge in [0.15, 0.2) is 0 Å². The molecule has 2 aromatic rings. The zero-order valence-corrected chi connectivity index (χ0v) is 19.2. The lowest BCUT2D eigenvalue weighted by Gasteiger charge is -2.13. The topological polar surface area (TPSA) is 127 Å². The van der Waals surface area contributed by atoms with Crippen molar-refractivity contribution in [3.63, 3.8) is 0 Å². The SMILES string of the molecule is C=C/C=C(\C=C(/C)CNC(=O)O[C@H]1CCOC1)NC(=O)Nc1ccc(-c2cnc[nH]2)c(OC)c1. The van der Waals surface area contributed by atoms with Crippen LogP contribution >= 0.6 is 0 Å². The number of ether oxygens (including phenoxy) is 3. The monoisotopic (exact) mass is 467 g/mol. The lowest BCUT2D eigenvalue weighted by Crippen LogP contribution is -2.31. The molecule has 1 aromatic heterocycles. The van der Waals surface area contributed by atoms with Gasteiger partial charge in [-0.15, -0.1) is 0 Å². The Morgan fingerprint density at radius 3 is 2.91 bits per heavy atom. The summed E-state index contributed by atoms with van der Waals surface area (Å²) < 4.78 is 15.9. The molecule has 1 aromatic carbocycles. The number of hydrogen-bond donors (Lipinski definition) is 4. The number of allylic oxidation sites excluding steroid dienone is 3. The van der Waals surface area contributed by atoms with Crippen molar-refractivity contribution in [2.45, 2.75) is 19.4 Å². The van der Waals surface area contributed by atoms with E-state index >= 15 is 0 Å². The summed E-state index contributed by atoms with van der Waals surface area (Å²) in [5, 5.41) is 8.24. The second kappa shape index (κ2) is 12.3. The average Bonchev–Trinajstić information content (AvgIpc) is 3.52. The molecular formula is C24H29N5O5. The maximum Gasteiger partial charge on any atom is 0.407 e. The van der Waals surface area contributed by atoms with Gasteiger partial charge in [0.1, 0.15) is 11.9 Å². The van der Waals surface area contributed by atoms with Gasteiger partial charge in [-0.3, -0.25) is 0 Å². The van der Waals surface area contributed by atoms with Gasteiger partial charge in [0, 0.05) is 36.0 Å². The smallest absolute Gasteiger partial charge is 0.407 e. The van der Waals surface area contributed by atoms with Gasteiger partial charge in [0.05, 0.1) is 38.5 Å². The summed E-state index contributed by atoms with van der Waals surface area (Å²) >= 11 is 0. The lowest BCUT2D eigenvalue weighted by molar-refractivity contribution is 0.0837. The summed E-state index contributed by atoms with van der Waals surface area (Å²) in [5.41, 5.74) is 3.49. The molecule has 2 heterocycles. The number of rotatable bonds is 9. The van der Waals surface area contributed by atoms with Gasteiger partial charge in [0.2, 0.25) is 0 Å². The van der Waals surface area contributed by atoms with Crippen LogP contribution in [0.5, 0.6) is 5.75 Å². The van der Waals surface area contributed by atoms with Gasteiger partial charge in [0.25, 0.3) is 0 Å². The third-order valence-corrected chi connectivity index (χ3v) is 4.88. The van der Waals surface area contributed by atoms with E-state index in [0.717, 1.165) is 16.8 Å². The van der Waals surface area contributed by atoms with Crippen molar-refractivity contribution >= 4 is 17.8 Å². The third-order valence-electron chi connectivity index (χ3n) is 4.88. The van der Waals surface area contributed by atoms with Gasteiger partial charge in [-0.25, -0.2) is 14.6 Å². The Morgan fingerprint density at radius 1 is 1.38 bits per heavy atom. The minimum atomic E-state index is -0.504. The number of nitrogens with zero attached hydrogens (tertiary/aromatic N) is 1. The minimum Gasteiger partial charge on any atom is -0.496 e. The number of benzene rings is 1. The van der Waals surface area contributed by atoms with Gasteiger partial charge in [-0.2, -0.15) is 0 Å². The highest BCUT2D eigenvalue weighted by molar-refractivity contribution is 5.91. The molecule has 0 spiro atoms. The van der Waals surface area contributed by atoms with Crippen LogP contribution < -0.4 is 20.7 Å². The zero-order chi connectivity index (χ0) is 24.3. The number of aromatic nitrogens is 2. The third kappa shape index (κ3) is 7.24. The second-order valence-corrected chi connectivity index (χ2v) is 7.55. The van der Waals surface area contributed by atoms with Crippen LogP contribution in [0.2, 0.25) is 0 Å². The highest BCUT2D eigenvalue weighted by Crippen LogP contribution is 2.31. The molecule has 180 valence electrons. The molecule has 1 aliphatic rings. The quantitative estimate of drug-likeness (QED) is 0.416. The summed E-state index contributed by atoms with van der Waals surface area (Å²) in [4.78, 5) is 31.5. The fourth-order valence-corrected chi connectivity index (χ4v) is 3.27. The van der Waals surface area contributed by atoms with Crippen molar-refractivity contribution in [1.82, 2.24) is 20.6 Å². The molecule has 10 nitrogen and oxygen atoms in total. The molecule has 0 bridgehead atoms. The number of carbonyl (C=O) groups excluding carboxylic acids is 2. The van der Waals surface area contributed by atoms with E-state index in [1.165, 1.54) is 0 Å². The molecule has 1 saturated heterocycles. The van der Waals surface area contributed by atoms with E-state index in [9.17, 15) is 9.59 Å². The van der Waals surface area contributed by atoms with Crippen molar-refractivity contribution in [2.24, 2.45) is 0 Å². The molecule has 0 unspecified atom stereocenters. The number of nitrogens with one attached hydrogen (secondary N) is 4. The molecule has 34 heavy (non-hydrogen) atoms. The first-order valence-electron chi connectivity index (χ1n) is 10.8. The largest absolute Gasteiger partial charge is 0.496 e. The van der Waals surface area contributed by atoms with Crippen molar-refractivity contribution in [1.29, 1.82) is 0 Å². The summed E-state index contributed by atoms with van der Waals surface area (Å²) in [6.45, 7) is 6.79. The molecule has 4 N–H and O–H groups in total. The van der Waals surface area contributed by atoms with E-state index in [4.69, 9.17) is 14.2 Å². The summed E-state index contributed by atoms with van der Waals surface area (Å²) in [5.74, 6) is 0.585. The van der Waals surface area contributed by atoms with E-state index in [2.05, 4.69) is 32.5 Å². The van der Waals surface area contributed by atoms with Crippen LogP contribution in [0.15, 0.2) is 66.8 Å². The second-order valence-electron chi connectivity index (χ2n) is 7.55. The van der Waals surface area contributed by atoms with Crippen molar-refractivity contribution in [3.8, 4) is 17.0 Å². The number of methoxy groups -OCH3 is 1. The number of hydrogen-bond acceptors (Lipinski definition) is 6. The molecule has 1 atom stereocenters. The van der Waals surface area contributed by atoms with E-state index in [0.29, 0.717) is 36.8 Å². The average molecular weight is 468 g/mol. The highest BCUT2D eigenvalue weighted by Gasteiger charge is 2.19. The first kappa shape index (κ1) is 24.6. The number of amides is 3. The molecule has 3 amide bonds. The van der Waals surface area contributed by atoms with Gasteiger partial charge >= 0.3 is 12.1 Å². The molecule has 10 heteroatoms. The molecular weight excluding hydrogens is 438 g/mol.